The minimum atomic E-state index is -0.628. The second-order valence-corrected chi connectivity index (χ2v) is 7.67. The van der Waals surface area contributed by atoms with E-state index in [9.17, 15) is 18.4 Å². The van der Waals surface area contributed by atoms with Crippen molar-refractivity contribution in [1.29, 1.82) is 0 Å². The van der Waals surface area contributed by atoms with Crippen molar-refractivity contribution in [2.75, 3.05) is 0 Å². The van der Waals surface area contributed by atoms with E-state index < -0.39 is 22.6 Å². The Morgan fingerprint density at radius 1 is 0.833 bits per heavy atom. The molecule has 30 heavy (non-hydrogen) atoms. The van der Waals surface area contributed by atoms with E-state index in [1.165, 1.54) is 53.8 Å². The van der Waals surface area contributed by atoms with Crippen LogP contribution < -0.4 is 11.0 Å². The Bertz CT molecular complexity index is 1560. The van der Waals surface area contributed by atoms with Gasteiger partial charge in [0.1, 0.15) is 21.9 Å². The summed E-state index contributed by atoms with van der Waals surface area (Å²) in [6, 6.07) is 18.1. The number of hydrogen-bond acceptors (Lipinski definition) is 4. The van der Waals surface area contributed by atoms with E-state index in [1.54, 1.807) is 30.3 Å². The fourth-order valence-electron chi connectivity index (χ4n) is 3.40. The van der Waals surface area contributed by atoms with Crippen molar-refractivity contribution in [3.8, 4) is 17.1 Å². The lowest BCUT2D eigenvalue weighted by atomic mass is 10.1. The van der Waals surface area contributed by atoms with Crippen molar-refractivity contribution in [3.63, 3.8) is 0 Å². The molecule has 146 valence electrons. The Labute approximate surface area is 172 Å². The van der Waals surface area contributed by atoms with Crippen LogP contribution in [-0.4, -0.2) is 9.55 Å². The molecule has 0 saturated carbocycles. The van der Waals surface area contributed by atoms with Crippen LogP contribution in [0.3, 0.4) is 0 Å². The molecule has 0 unspecified atom stereocenters. The molecule has 0 radical (unpaired) electrons. The zero-order valence-corrected chi connectivity index (χ0v) is 16.1. The number of aromatic nitrogens is 2. The van der Waals surface area contributed by atoms with Crippen LogP contribution in [0.1, 0.15) is 0 Å². The fourth-order valence-corrected chi connectivity index (χ4v) is 4.44. The minimum absolute atomic E-state index is 0.0446. The SMILES string of the molecule is O=c1c2ccccc2sc2nc(-c3ccccc3F)n(-c3ccc(F)cc3)c(=O)c12. The van der Waals surface area contributed by atoms with Crippen LogP contribution in [0.2, 0.25) is 0 Å². The van der Waals surface area contributed by atoms with Crippen LogP contribution in [0.15, 0.2) is 82.4 Å². The van der Waals surface area contributed by atoms with Crippen molar-refractivity contribution < 1.29 is 8.78 Å². The lowest BCUT2D eigenvalue weighted by molar-refractivity contribution is 0.626. The Balaban J connectivity index is 1.99. The largest absolute Gasteiger partial charge is 0.288 e. The molecule has 5 aromatic rings. The van der Waals surface area contributed by atoms with Gasteiger partial charge in [-0.3, -0.25) is 14.2 Å². The molecule has 0 saturated heterocycles. The van der Waals surface area contributed by atoms with Gasteiger partial charge in [0.15, 0.2) is 5.82 Å². The third-order valence-corrected chi connectivity index (χ3v) is 5.88. The van der Waals surface area contributed by atoms with E-state index in [-0.39, 0.29) is 27.3 Å². The zero-order valence-electron chi connectivity index (χ0n) is 15.3. The highest BCUT2D eigenvalue weighted by Crippen LogP contribution is 2.27. The quantitative estimate of drug-likeness (QED) is 0.383. The molecule has 0 aliphatic carbocycles. The van der Waals surface area contributed by atoms with Gasteiger partial charge in [-0.2, -0.15) is 0 Å². The van der Waals surface area contributed by atoms with Gasteiger partial charge >= 0.3 is 0 Å². The first-order valence-corrected chi connectivity index (χ1v) is 9.86. The molecule has 7 heteroatoms. The lowest BCUT2D eigenvalue weighted by Crippen LogP contribution is -2.26. The summed E-state index contributed by atoms with van der Waals surface area (Å²) in [5, 5.41) is 0.335. The molecule has 2 aromatic heterocycles. The third-order valence-electron chi connectivity index (χ3n) is 4.82. The summed E-state index contributed by atoms with van der Waals surface area (Å²) >= 11 is 1.19. The van der Waals surface area contributed by atoms with E-state index >= 15 is 0 Å². The average molecular weight is 418 g/mol. The van der Waals surface area contributed by atoms with E-state index in [4.69, 9.17) is 0 Å². The summed E-state index contributed by atoms with van der Waals surface area (Å²) in [4.78, 5) is 31.3. The molecule has 0 aliphatic rings. The monoisotopic (exact) mass is 418 g/mol. The maximum Gasteiger partial charge on any atom is 0.271 e. The van der Waals surface area contributed by atoms with Crippen LogP contribution in [0.5, 0.6) is 0 Å². The summed E-state index contributed by atoms with van der Waals surface area (Å²) < 4.78 is 29.9. The molecule has 2 heterocycles. The number of nitrogens with zero attached hydrogens (tertiary/aromatic N) is 2. The van der Waals surface area contributed by atoms with Crippen LogP contribution in [-0.2, 0) is 0 Å². The molecule has 0 spiro atoms. The Kier molecular flexibility index (Phi) is 4.25. The predicted molar refractivity (Wildman–Crippen MR) is 114 cm³/mol. The van der Waals surface area contributed by atoms with Gasteiger partial charge < -0.3 is 0 Å². The first-order chi connectivity index (χ1) is 14.5. The van der Waals surface area contributed by atoms with E-state index in [1.807, 2.05) is 0 Å². The first kappa shape index (κ1) is 18.3. The minimum Gasteiger partial charge on any atom is -0.288 e. The van der Waals surface area contributed by atoms with Crippen LogP contribution >= 0.6 is 11.3 Å². The van der Waals surface area contributed by atoms with Gasteiger partial charge in [-0.15, -0.1) is 11.3 Å². The second kappa shape index (κ2) is 6.96. The van der Waals surface area contributed by atoms with Gasteiger partial charge in [0.05, 0.1) is 11.3 Å². The van der Waals surface area contributed by atoms with Gasteiger partial charge in [-0.1, -0.05) is 24.3 Å². The molecule has 0 fully saturated rings. The van der Waals surface area contributed by atoms with Gasteiger partial charge in [0, 0.05) is 10.1 Å². The maximum atomic E-state index is 14.6. The van der Waals surface area contributed by atoms with Gasteiger partial charge in [-0.25, -0.2) is 13.8 Å². The summed E-state index contributed by atoms with van der Waals surface area (Å²) in [5.41, 5.74) is -0.676. The standard InChI is InChI=1S/C23H12F2N2O2S/c24-13-9-11-14(12-10-13)27-21(15-5-1-3-7-17(15)25)26-22-19(23(27)29)20(28)16-6-2-4-8-18(16)30-22/h1-12H. The Morgan fingerprint density at radius 2 is 1.53 bits per heavy atom. The number of halogens is 2. The average Bonchev–Trinajstić information content (AvgIpc) is 2.75. The van der Waals surface area contributed by atoms with Crippen LogP contribution in [0.25, 0.3) is 37.4 Å². The Morgan fingerprint density at radius 3 is 2.30 bits per heavy atom. The Hall–Kier alpha value is -3.71. The maximum absolute atomic E-state index is 14.6. The van der Waals surface area contributed by atoms with E-state index in [0.29, 0.717) is 10.1 Å². The van der Waals surface area contributed by atoms with Crippen molar-refractivity contribution in [3.05, 3.63) is 105 Å². The number of benzene rings is 3. The fraction of sp³-hybridized carbons (Fsp3) is 0. The van der Waals surface area contributed by atoms with Gasteiger partial charge in [0.2, 0.25) is 5.43 Å². The molecule has 0 aliphatic heterocycles. The normalized spacial score (nSPS) is 11.3. The van der Waals surface area contributed by atoms with Crippen LogP contribution in [0.4, 0.5) is 8.78 Å². The lowest BCUT2D eigenvalue weighted by Gasteiger charge is -2.14. The summed E-state index contributed by atoms with van der Waals surface area (Å²) in [6.45, 7) is 0. The van der Waals surface area contributed by atoms with E-state index in [0.717, 1.165) is 4.57 Å². The van der Waals surface area contributed by atoms with Gasteiger partial charge in [-0.05, 0) is 48.5 Å². The van der Waals surface area contributed by atoms with Crippen LogP contribution in [0, 0.1) is 11.6 Å². The van der Waals surface area contributed by atoms with Gasteiger partial charge in [0.25, 0.3) is 5.56 Å². The second-order valence-electron chi connectivity index (χ2n) is 6.64. The molecule has 0 amide bonds. The number of fused-ring (bicyclic) bond motifs is 2. The zero-order chi connectivity index (χ0) is 20.8. The van der Waals surface area contributed by atoms with Crippen molar-refractivity contribution in [2.45, 2.75) is 0 Å². The summed E-state index contributed by atoms with van der Waals surface area (Å²) in [6.07, 6.45) is 0. The molecular formula is C23H12F2N2O2S. The molecule has 0 atom stereocenters. The molecule has 5 rings (SSSR count). The van der Waals surface area contributed by atoms with Crippen molar-refractivity contribution in [2.24, 2.45) is 0 Å². The molecular weight excluding hydrogens is 406 g/mol. The topological polar surface area (TPSA) is 52.0 Å². The smallest absolute Gasteiger partial charge is 0.271 e. The molecule has 0 bridgehead atoms. The highest BCUT2D eigenvalue weighted by molar-refractivity contribution is 7.24. The number of hydrogen-bond donors (Lipinski definition) is 0. The third kappa shape index (κ3) is 2.83. The van der Waals surface area contributed by atoms with Crippen molar-refractivity contribution >= 4 is 31.6 Å². The summed E-state index contributed by atoms with van der Waals surface area (Å²) in [5.74, 6) is -0.999. The predicted octanol–water partition coefficient (Wildman–Crippen LogP) is 4.91. The highest BCUT2D eigenvalue weighted by Gasteiger charge is 2.20. The molecule has 3 aromatic carbocycles. The summed E-state index contributed by atoms with van der Waals surface area (Å²) in [7, 11) is 0. The molecule has 0 N–H and O–H groups in total. The highest BCUT2D eigenvalue weighted by atomic mass is 32.1. The van der Waals surface area contributed by atoms with E-state index in [2.05, 4.69) is 4.98 Å². The molecule has 4 nitrogen and oxygen atoms in total. The van der Waals surface area contributed by atoms with Crippen molar-refractivity contribution in [1.82, 2.24) is 9.55 Å². The number of rotatable bonds is 2. The first-order valence-electron chi connectivity index (χ1n) is 9.04.